The molecule has 3 aliphatic heterocycles. The van der Waals surface area contributed by atoms with E-state index in [4.69, 9.17) is 0 Å². The number of hydrogen-bond acceptors (Lipinski definition) is 8. The van der Waals surface area contributed by atoms with Gasteiger partial charge in [0.05, 0.1) is 0 Å². The van der Waals surface area contributed by atoms with E-state index in [9.17, 15) is 38.7 Å². The van der Waals surface area contributed by atoms with Gasteiger partial charge in [-0.3, -0.25) is 33.6 Å². The highest BCUT2D eigenvalue weighted by atomic mass is 16.3. The normalized spacial score (nSPS) is 26.3. The molecule has 3 aromatic carbocycles. The Kier molecular flexibility index (Phi) is 16.2. The second kappa shape index (κ2) is 21.9. The van der Waals surface area contributed by atoms with Gasteiger partial charge in [-0.2, -0.15) is 0 Å². The smallest absolute Gasteiger partial charge is 0.246 e. The van der Waals surface area contributed by atoms with Crippen molar-refractivity contribution < 1.29 is 38.7 Å². The van der Waals surface area contributed by atoms with Gasteiger partial charge in [-0.05, 0) is 66.3 Å². The van der Waals surface area contributed by atoms with Crippen molar-refractivity contribution in [1.82, 2.24) is 36.4 Å². The molecule has 0 bridgehead atoms. The van der Waals surface area contributed by atoms with Gasteiger partial charge >= 0.3 is 0 Å². The number of carbonyl (C=O) groups is 7. The molecule has 0 spiro atoms. The molecule has 0 aromatic heterocycles. The van der Waals surface area contributed by atoms with E-state index in [0.29, 0.717) is 44.1 Å². The van der Waals surface area contributed by atoms with Crippen molar-refractivity contribution in [3.05, 3.63) is 102 Å². The Balaban J connectivity index is 1.43. The van der Waals surface area contributed by atoms with Gasteiger partial charge in [0.25, 0.3) is 0 Å². The van der Waals surface area contributed by atoms with Crippen molar-refractivity contribution in [1.29, 1.82) is 0 Å². The third-order valence-electron chi connectivity index (χ3n) is 13.1. The summed E-state index contributed by atoms with van der Waals surface area (Å²) in [5, 5.41) is 24.6. The van der Waals surface area contributed by atoms with Crippen LogP contribution in [0.3, 0.4) is 0 Å². The number of nitrogens with one attached hydrogen (secondary N) is 5. The molecule has 9 atom stereocenters. The Bertz CT molecular complexity index is 2120. The maximum Gasteiger partial charge on any atom is 0.246 e. The van der Waals surface area contributed by atoms with E-state index in [0.717, 1.165) is 11.1 Å². The monoisotopic (exact) mass is 877 g/mol. The molecule has 6 N–H and O–H groups in total. The zero-order chi connectivity index (χ0) is 45.9. The van der Waals surface area contributed by atoms with E-state index in [2.05, 4.69) is 26.6 Å². The van der Waals surface area contributed by atoms with Crippen LogP contribution in [0.2, 0.25) is 0 Å². The zero-order valence-corrected chi connectivity index (χ0v) is 37.3. The van der Waals surface area contributed by atoms with Crippen LogP contribution in [0.1, 0.15) is 82.9 Å². The molecule has 0 aliphatic carbocycles. The molecule has 3 aromatic rings. The highest BCUT2D eigenvalue weighted by Gasteiger charge is 2.44. The third kappa shape index (κ3) is 11.7. The van der Waals surface area contributed by atoms with Crippen LogP contribution in [0.15, 0.2) is 84.9 Å². The summed E-state index contributed by atoms with van der Waals surface area (Å²) < 4.78 is 0. The number of phenolic OH excluding ortho intramolecular Hbond substituents is 1. The first kappa shape index (κ1) is 47.2. The highest BCUT2D eigenvalue weighted by Crippen LogP contribution is 2.25. The maximum atomic E-state index is 14.7. The molecule has 342 valence electrons. The Morgan fingerprint density at radius 3 is 1.44 bits per heavy atom. The van der Waals surface area contributed by atoms with Crippen molar-refractivity contribution >= 4 is 41.4 Å². The minimum absolute atomic E-state index is 0.0122. The van der Waals surface area contributed by atoms with Gasteiger partial charge in [-0.15, -0.1) is 0 Å². The summed E-state index contributed by atoms with van der Waals surface area (Å²) in [5.41, 5.74) is 2.11. The maximum absolute atomic E-state index is 14.7. The second-order valence-corrected chi connectivity index (χ2v) is 17.6. The fourth-order valence-electron chi connectivity index (χ4n) is 8.86. The van der Waals surface area contributed by atoms with Crippen LogP contribution in [-0.4, -0.2) is 112 Å². The van der Waals surface area contributed by atoms with Gasteiger partial charge in [0, 0.05) is 32.4 Å². The fraction of sp³-hybridized carbons (Fsp3) is 0.490. The molecule has 3 heterocycles. The molecule has 0 saturated carbocycles. The SMILES string of the molecule is CC[C@H](C)[C@@H]1NC(=O)[C@H](Cc2ccc(O)cc2)NC(=O)[C@H](Cc2ccccc2)NC(=O)[C@@H]2CCCN2C(=O)[C@H]([C@@H](C)CC)NC(=O)[C@@H]2CCCN2C(=O)[C@H](Cc2ccccc2)NC1=O. The Hall–Kier alpha value is -6.25. The molecule has 0 unspecified atom stereocenters. The van der Waals surface area contributed by atoms with Crippen LogP contribution >= 0.6 is 0 Å². The lowest BCUT2D eigenvalue weighted by Crippen LogP contribution is -2.61. The van der Waals surface area contributed by atoms with Crippen LogP contribution in [0, 0.1) is 11.8 Å². The largest absolute Gasteiger partial charge is 0.508 e. The summed E-state index contributed by atoms with van der Waals surface area (Å²) in [6, 6.07) is 16.9. The molecule has 3 saturated heterocycles. The molecule has 64 heavy (non-hydrogen) atoms. The molecule has 6 rings (SSSR count). The summed E-state index contributed by atoms with van der Waals surface area (Å²) in [5.74, 6) is -4.65. The van der Waals surface area contributed by atoms with Gasteiger partial charge in [0.1, 0.15) is 48.0 Å². The first-order valence-corrected chi connectivity index (χ1v) is 22.8. The van der Waals surface area contributed by atoms with Gasteiger partial charge in [-0.1, -0.05) is 113 Å². The standard InChI is InChI=1S/C49H63N7O8/c1-5-30(3)41-47(62)52-38(29-33-17-11-8-12-18-33)48(63)55-25-13-20-40(55)46(61)54-42(31(4)6-2)49(64)56-26-14-19-39(56)45(60)51-36(27-32-15-9-7-10-16-32)43(58)50-37(44(59)53-41)28-34-21-23-35(57)24-22-34/h7-12,15-18,21-24,30-31,36-42,57H,5-6,13-14,19-20,25-29H2,1-4H3,(H,50,58)(H,51,60)(H,52,62)(H,53,59)(H,54,61)/t30-,31-,36-,37-,38-,39-,40-,41-,42-/m0/s1. The number of fused-ring (bicyclic) bond motifs is 2. The van der Waals surface area contributed by atoms with Crippen LogP contribution in [0.4, 0.5) is 0 Å². The van der Waals surface area contributed by atoms with Crippen LogP contribution in [0.5, 0.6) is 5.75 Å². The topological polar surface area (TPSA) is 206 Å². The summed E-state index contributed by atoms with van der Waals surface area (Å²) in [6.45, 7) is 7.96. The van der Waals surface area contributed by atoms with Crippen LogP contribution in [-0.2, 0) is 52.8 Å². The quantitative estimate of drug-likeness (QED) is 0.178. The molecular formula is C49H63N7O8. The average molecular weight is 878 g/mol. The van der Waals surface area contributed by atoms with Crippen LogP contribution < -0.4 is 26.6 Å². The summed E-state index contributed by atoms with van der Waals surface area (Å²) in [7, 11) is 0. The third-order valence-corrected chi connectivity index (χ3v) is 13.1. The summed E-state index contributed by atoms with van der Waals surface area (Å²) in [6.07, 6.45) is 2.85. The van der Waals surface area contributed by atoms with Crippen molar-refractivity contribution in [2.24, 2.45) is 11.8 Å². The van der Waals surface area contributed by atoms with E-state index in [1.165, 1.54) is 21.9 Å². The minimum Gasteiger partial charge on any atom is -0.508 e. The predicted molar refractivity (Wildman–Crippen MR) is 240 cm³/mol. The Labute approximate surface area is 375 Å². The van der Waals surface area contributed by atoms with E-state index >= 15 is 0 Å². The van der Waals surface area contributed by atoms with E-state index in [1.807, 2.05) is 81.4 Å². The lowest BCUT2D eigenvalue weighted by Gasteiger charge is -2.34. The van der Waals surface area contributed by atoms with Crippen molar-refractivity contribution in [3.63, 3.8) is 0 Å². The molecule has 3 fully saturated rings. The number of nitrogens with zero attached hydrogens (tertiary/aromatic N) is 2. The molecule has 15 heteroatoms. The number of aromatic hydroxyl groups is 1. The Morgan fingerprint density at radius 2 is 0.906 bits per heavy atom. The summed E-state index contributed by atoms with van der Waals surface area (Å²) >= 11 is 0. The number of amides is 7. The molecule has 0 radical (unpaired) electrons. The lowest BCUT2D eigenvalue weighted by molar-refractivity contribution is -0.145. The number of carbonyl (C=O) groups excluding carboxylic acids is 7. The van der Waals surface area contributed by atoms with Crippen molar-refractivity contribution in [2.75, 3.05) is 13.1 Å². The highest BCUT2D eigenvalue weighted by molar-refractivity contribution is 5.99. The van der Waals surface area contributed by atoms with Crippen LogP contribution in [0.25, 0.3) is 0 Å². The molecular weight excluding hydrogens is 815 g/mol. The number of hydrogen-bond donors (Lipinski definition) is 6. The van der Waals surface area contributed by atoms with E-state index in [-0.39, 0.29) is 44.0 Å². The van der Waals surface area contributed by atoms with Crippen molar-refractivity contribution in [2.45, 2.75) is 128 Å². The first-order valence-electron chi connectivity index (χ1n) is 22.8. The minimum atomic E-state index is -1.26. The molecule has 7 amide bonds. The lowest BCUT2D eigenvalue weighted by atomic mass is 9.95. The molecule has 15 nitrogen and oxygen atoms in total. The van der Waals surface area contributed by atoms with E-state index < -0.39 is 89.6 Å². The molecule has 3 aliphatic rings. The second-order valence-electron chi connectivity index (χ2n) is 17.6. The van der Waals surface area contributed by atoms with Crippen molar-refractivity contribution in [3.8, 4) is 5.75 Å². The Morgan fingerprint density at radius 1 is 0.500 bits per heavy atom. The van der Waals surface area contributed by atoms with E-state index in [1.54, 1.807) is 19.1 Å². The van der Waals surface area contributed by atoms with Gasteiger partial charge < -0.3 is 41.5 Å². The predicted octanol–water partition coefficient (Wildman–Crippen LogP) is 2.93. The fourth-order valence-corrected chi connectivity index (χ4v) is 8.86. The number of benzene rings is 3. The zero-order valence-electron chi connectivity index (χ0n) is 37.3. The van der Waals surface area contributed by atoms with Gasteiger partial charge in [0.15, 0.2) is 0 Å². The van der Waals surface area contributed by atoms with Gasteiger partial charge in [-0.25, -0.2) is 0 Å². The number of rotatable bonds is 10. The summed E-state index contributed by atoms with van der Waals surface area (Å²) in [4.78, 5) is 105. The number of phenols is 1. The van der Waals surface area contributed by atoms with Gasteiger partial charge in [0.2, 0.25) is 41.4 Å². The first-order chi connectivity index (χ1) is 30.8. The average Bonchev–Trinajstić information content (AvgIpc) is 4.01.